The van der Waals surface area contributed by atoms with Gasteiger partial charge in [-0.05, 0) is 24.3 Å². The maximum Gasteiger partial charge on any atom is 0.343 e. The lowest BCUT2D eigenvalue weighted by atomic mass is 10.3. The van der Waals surface area contributed by atoms with Crippen LogP contribution < -0.4 is 10.1 Å². The van der Waals surface area contributed by atoms with E-state index in [4.69, 9.17) is 16.3 Å². The lowest BCUT2D eigenvalue weighted by molar-refractivity contribution is -0.142. The molecule has 0 aliphatic rings. The van der Waals surface area contributed by atoms with E-state index in [2.05, 4.69) is 10.1 Å². The summed E-state index contributed by atoms with van der Waals surface area (Å²) in [7, 11) is 1.29. The van der Waals surface area contributed by atoms with Gasteiger partial charge in [-0.15, -0.1) is 11.3 Å². The first-order chi connectivity index (χ1) is 10.1. The lowest BCUT2D eigenvalue weighted by Crippen LogP contribution is -2.13. The number of ether oxygens (including phenoxy) is 2. The van der Waals surface area contributed by atoms with Crippen molar-refractivity contribution in [3.05, 3.63) is 45.6 Å². The second-order valence-corrected chi connectivity index (χ2v) is 5.67. The lowest BCUT2D eigenvalue weighted by Gasteiger charge is -2.07. The van der Waals surface area contributed by atoms with Crippen LogP contribution in [0.2, 0.25) is 4.34 Å². The van der Waals surface area contributed by atoms with Crippen molar-refractivity contribution in [2.24, 2.45) is 0 Å². The molecule has 0 bridgehead atoms. The number of thiophene rings is 1. The molecule has 1 heterocycles. The third-order valence-electron chi connectivity index (χ3n) is 2.47. The summed E-state index contributed by atoms with van der Waals surface area (Å²) in [5.74, 6) is -0.267. The van der Waals surface area contributed by atoms with Crippen molar-refractivity contribution in [1.29, 1.82) is 0 Å². The van der Waals surface area contributed by atoms with Gasteiger partial charge < -0.3 is 14.8 Å². The Morgan fingerprint density at radius 3 is 2.76 bits per heavy atom. The largest absolute Gasteiger partial charge is 0.482 e. The summed E-state index contributed by atoms with van der Waals surface area (Å²) in [6.07, 6.45) is 0. The van der Waals surface area contributed by atoms with Crippen molar-refractivity contribution in [3.63, 3.8) is 0 Å². The van der Waals surface area contributed by atoms with Gasteiger partial charge in [0.2, 0.25) is 0 Å². The summed E-state index contributed by atoms with van der Waals surface area (Å²) in [5.41, 5.74) is 0.562. The highest BCUT2D eigenvalue weighted by Crippen LogP contribution is 2.23. The first kappa shape index (κ1) is 15.3. The van der Waals surface area contributed by atoms with E-state index in [0.717, 1.165) is 0 Å². The van der Waals surface area contributed by atoms with E-state index in [1.165, 1.54) is 18.4 Å². The molecule has 1 aromatic heterocycles. The van der Waals surface area contributed by atoms with Crippen LogP contribution in [0.3, 0.4) is 0 Å². The number of methoxy groups -OCH3 is 1. The normalized spacial score (nSPS) is 10.0. The molecule has 1 N–H and O–H groups in total. The summed E-state index contributed by atoms with van der Waals surface area (Å²) in [6.45, 7) is -0.186. The Morgan fingerprint density at radius 1 is 1.29 bits per heavy atom. The maximum atomic E-state index is 12.0. The molecule has 21 heavy (non-hydrogen) atoms. The van der Waals surface area contributed by atoms with Crippen LogP contribution in [0, 0.1) is 0 Å². The average Bonchev–Trinajstić information content (AvgIpc) is 2.92. The predicted octanol–water partition coefficient (Wildman–Crippen LogP) is 3.21. The number of amides is 1. The molecule has 1 aromatic carbocycles. The number of carbonyl (C=O) groups is 2. The predicted molar refractivity (Wildman–Crippen MR) is 81.2 cm³/mol. The van der Waals surface area contributed by atoms with Gasteiger partial charge in [0, 0.05) is 11.8 Å². The highest BCUT2D eigenvalue weighted by atomic mass is 35.5. The minimum atomic E-state index is -0.474. The van der Waals surface area contributed by atoms with Gasteiger partial charge in [0.1, 0.15) is 5.75 Å². The third-order valence-corrected chi connectivity index (χ3v) is 3.70. The number of nitrogens with one attached hydrogen (secondary N) is 1. The second kappa shape index (κ2) is 7.10. The van der Waals surface area contributed by atoms with Crippen LogP contribution in [-0.4, -0.2) is 25.6 Å². The summed E-state index contributed by atoms with van der Waals surface area (Å²) < 4.78 is 10.3. The van der Waals surface area contributed by atoms with E-state index in [-0.39, 0.29) is 12.5 Å². The molecule has 7 heteroatoms. The molecule has 0 aliphatic heterocycles. The van der Waals surface area contributed by atoms with Gasteiger partial charge in [0.05, 0.1) is 16.3 Å². The van der Waals surface area contributed by atoms with Gasteiger partial charge >= 0.3 is 5.97 Å². The third kappa shape index (κ3) is 4.47. The van der Waals surface area contributed by atoms with Gasteiger partial charge in [0.15, 0.2) is 6.61 Å². The first-order valence-corrected chi connectivity index (χ1v) is 7.14. The number of hydrogen-bond donors (Lipinski definition) is 1. The molecule has 0 fully saturated rings. The SMILES string of the molecule is COC(=O)COc1cccc(NC(=O)c2ccc(Cl)s2)c1. The molecular formula is C14H12ClNO4S. The van der Waals surface area contributed by atoms with Crippen molar-refractivity contribution in [2.75, 3.05) is 19.0 Å². The highest BCUT2D eigenvalue weighted by molar-refractivity contribution is 7.18. The van der Waals surface area contributed by atoms with E-state index in [1.807, 2.05) is 0 Å². The van der Waals surface area contributed by atoms with Gasteiger partial charge in [-0.3, -0.25) is 4.79 Å². The molecule has 0 unspecified atom stereocenters. The molecule has 5 nitrogen and oxygen atoms in total. The van der Waals surface area contributed by atoms with Crippen molar-refractivity contribution < 1.29 is 19.1 Å². The van der Waals surface area contributed by atoms with Crippen molar-refractivity contribution in [1.82, 2.24) is 0 Å². The summed E-state index contributed by atoms with van der Waals surface area (Å²) >= 11 is 6.99. The maximum absolute atomic E-state index is 12.0. The highest BCUT2D eigenvalue weighted by Gasteiger charge is 2.09. The summed E-state index contributed by atoms with van der Waals surface area (Å²) in [5, 5.41) is 2.73. The Bertz CT molecular complexity index is 656. The van der Waals surface area contributed by atoms with Crippen LogP contribution in [0.5, 0.6) is 5.75 Å². The molecule has 0 atom stereocenters. The van der Waals surface area contributed by atoms with Crippen LogP contribution in [0.4, 0.5) is 5.69 Å². The zero-order valence-corrected chi connectivity index (χ0v) is 12.7. The van der Waals surface area contributed by atoms with Crippen molar-refractivity contribution in [3.8, 4) is 5.75 Å². The smallest absolute Gasteiger partial charge is 0.343 e. The number of hydrogen-bond acceptors (Lipinski definition) is 5. The Morgan fingerprint density at radius 2 is 2.10 bits per heavy atom. The minimum Gasteiger partial charge on any atom is -0.482 e. The number of carbonyl (C=O) groups excluding carboxylic acids is 2. The van der Waals surface area contributed by atoms with Crippen molar-refractivity contribution >= 4 is 40.5 Å². The Labute approximate surface area is 130 Å². The van der Waals surface area contributed by atoms with Crippen LogP contribution in [0.25, 0.3) is 0 Å². The Balaban J connectivity index is 2.00. The quantitative estimate of drug-likeness (QED) is 0.857. The van der Waals surface area contributed by atoms with E-state index < -0.39 is 5.97 Å². The number of esters is 1. The van der Waals surface area contributed by atoms with E-state index in [0.29, 0.717) is 20.7 Å². The fourth-order valence-electron chi connectivity index (χ4n) is 1.49. The summed E-state index contributed by atoms with van der Waals surface area (Å²) in [6, 6.07) is 10.1. The fourth-order valence-corrected chi connectivity index (χ4v) is 2.43. The molecule has 0 spiro atoms. The second-order valence-electron chi connectivity index (χ2n) is 3.95. The molecule has 2 aromatic rings. The minimum absolute atomic E-state index is 0.186. The van der Waals surface area contributed by atoms with Crippen LogP contribution in [0.15, 0.2) is 36.4 Å². The molecule has 0 aliphatic carbocycles. The number of benzene rings is 1. The number of halogens is 1. The number of rotatable bonds is 5. The molecule has 110 valence electrons. The standard InChI is InChI=1S/C14H12ClNO4S/c1-19-13(17)8-20-10-4-2-3-9(7-10)16-14(18)11-5-6-12(15)21-11/h2-7H,8H2,1H3,(H,16,18). The van der Waals surface area contributed by atoms with E-state index >= 15 is 0 Å². The molecular weight excluding hydrogens is 314 g/mol. The molecule has 0 saturated carbocycles. The van der Waals surface area contributed by atoms with Gasteiger partial charge in [-0.1, -0.05) is 17.7 Å². The molecule has 1 amide bonds. The van der Waals surface area contributed by atoms with Gasteiger partial charge in [-0.25, -0.2) is 4.79 Å². The first-order valence-electron chi connectivity index (χ1n) is 5.95. The Kier molecular flexibility index (Phi) is 5.19. The van der Waals surface area contributed by atoms with Gasteiger partial charge in [-0.2, -0.15) is 0 Å². The van der Waals surface area contributed by atoms with Crippen LogP contribution >= 0.6 is 22.9 Å². The topological polar surface area (TPSA) is 64.6 Å². The van der Waals surface area contributed by atoms with Gasteiger partial charge in [0.25, 0.3) is 5.91 Å². The zero-order valence-electron chi connectivity index (χ0n) is 11.1. The monoisotopic (exact) mass is 325 g/mol. The Hall–Kier alpha value is -2.05. The van der Waals surface area contributed by atoms with E-state index in [9.17, 15) is 9.59 Å². The molecule has 2 rings (SSSR count). The molecule has 0 radical (unpaired) electrons. The summed E-state index contributed by atoms with van der Waals surface area (Å²) in [4.78, 5) is 23.5. The average molecular weight is 326 g/mol. The van der Waals surface area contributed by atoms with Crippen molar-refractivity contribution in [2.45, 2.75) is 0 Å². The van der Waals surface area contributed by atoms with E-state index in [1.54, 1.807) is 36.4 Å². The fraction of sp³-hybridized carbons (Fsp3) is 0.143. The van der Waals surface area contributed by atoms with Crippen LogP contribution in [-0.2, 0) is 9.53 Å². The van der Waals surface area contributed by atoms with Crippen LogP contribution in [0.1, 0.15) is 9.67 Å². The number of anilines is 1. The zero-order chi connectivity index (χ0) is 15.2. The molecule has 0 saturated heterocycles.